The van der Waals surface area contributed by atoms with Crippen molar-refractivity contribution in [1.82, 2.24) is 14.8 Å². The molecule has 4 aromatic rings. The van der Waals surface area contributed by atoms with E-state index in [-0.39, 0.29) is 0 Å². The molecule has 0 aliphatic rings. The molecule has 0 unspecified atom stereocenters. The number of hydrogen-bond acceptors (Lipinski definition) is 5. The first kappa shape index (κ1) is 20.2. The summed E-state index contributed by atoms with van der Waals surface area (Å²) in [6.45, 7) is 8.49. The van der Waals surface area contributed by atoms with Gasteiger partial charge in [0.05, 0.1) is 23.3 Å². The highest BCUT2D eigenvalue weighted by molar-refractivity contribution is 7.14. The molecule has 0 fully saturated rings. The lowest BCUT2D eigenvalue weighted by Gasteiger charge is -2.17. The van der Waals surface area contributed by atoms with E-state index in [4.69, 9.17) is 10.7 Å². The number of para-hydroxylation sites is 1. The van der Waals surface area contributed by atoms with Crippen LogP contribution in [0.1, 0.15) is 36.2 Å². The zero-order valence-corrected chi connectivity index (χ0v) is 18.7. The van der Waals surface area contributed by atoms with Gasteiger partial charge in [0.2, 0.25) is 0 Å². The van der Waals surface area contributed by atoms with E-state index < -0.39 is 0 Å². The maximum absolute atomic E-state index is 6.36. The van der Waals surface area contributed by atoms with Gasteiger partial charge in [0, 0.05) is 22.3 Å². The molecule has 6 heteroatoms. The molecule has 0 saturated heterocycles. The van der Waals surface area contributed by atoms with E-state index in [1.54, 1.807) is 11.3 Å². The van der Waals surface area contributed by atoms with Gasteiger partial charge in [-0.05, 0) is 61.6 Å². The zero-order valence-electron chi connectivity index (χ0n) is 17.9. The summed E-state index contributed by atoms with van der Waals surface area (Å²) in [4.78, 5) is 4.84. The Morgan fingerprint density at radius 3 is 2.57 bits per heavy atom. The Balaban J connectivity index is 1.64. The van der Waals surface area contributed by atoms with Crippen molar-refractivity contribution in [2.45, 2.75) is 40.5 Å². The normalized spacial score (nSPS) is 11.1. The molecule has 30 heavy (non-hydrogen) atoms. The summed E-state index contributed by atoms with van der Waals surface area (Å²) in [7, 11) is 0. The minimum absolute atomic E-state index is 0.869. The quantitative estimate of drug-likeness (QED) is 0.374. The number of nitrogen functional groups attached to an aromatic ring is 1. The summed E-state index contributed by atoms with van der Waals surface area (Å²) in [6.07, 6.45) is 3.72. The smallest absolute Gasteiger partial charge is 0.187 e. The minimum Gasteiger partial charge on any atom is -0.398 e. The maximum Gasteiger partial charge on any atom is 0.187 e. The fourth-order valence-corrected chi connectivity index (χ4v) is 4.58. The molecule has 2 heterocycles. The summed E-state index contributed by atoms with van der Waals surface area (Å²) < 4.78 is 1.95. The average molecular weight is 418 g/mol. The van der Waals surface area contributed by atoms with Crippen molar-refractivity contribution in [2.24, 2.45) is 0 Å². The third kappa shape index (κ3) is 3.59. The highest BCUT2D eigenvalue weighted by Gasteiger charge is 2.15. The number of thiazole rings is 1. The van der Waals surface area contributed by atoms with Crippen LogP contribution in [0.15, 0.2) is 48.0 Å². The van der Waals surface area contributed by atoms with Crippen molar-refractivity contribution in [2.75, 3.05) is 11.1 Å². The lowest BCUT2D eigenvalue weighted by atomic mass is 9.96. The van der Waals surface area contributed by atoms with Gasteiger partial charge in [-0.15, -0.1) is 11.3 Å². The molecule has 0 aliphatic heterocycles. The van der Waals surface area contributed by atoms with Gasteiger partial charge in [-0.1, -0.05) is 32.0 Å². The fourth-order valence-electron chi connectivity index (χ4n) is 3.86. The first-order valence-electron chi connectivity index (χ1n) is 10.3. The van der Waals surface area contributed by atoms with Gasteiger partial charge in [0.15, 0.2) is 5.13 Å². The predicted octanol–water partition coefficient (Wildman–Crippen LogP) is 6.06. The molecule has 0 atom stereocenters. The standard InChI is InChI=1S/C24H27N5S/c1-5-17-12-21(15(3)19(6-2)23(17)25)27-24-28-22(14-30-24)20-13-26-29(16(20)4)18-10-8-7-9-11-18/h7-14H,5-6,25H2,1-4H3,(H,27,28). The molecule has 154 valence electrons. The van der Waals surface area contributed by atoms with Crippen LogP contribution in [-0.2, 0) is 12.8 Å². The second-order valence-corrected chi connectivity index (χ2v) is 8.22. The SMILES string of the molecule is CCc1cc(Nc2nc(-c3cnn(-c4ccccc4)c3C)cs2)c(C)c(CC)c1N. The Morgan fingerprint density at radius 1 is 1.10 bits per heavy atom. The van der Waals surface area contributed by atoms with Crippen LogP contribution in [0.25, 0.3) is 16.9 Å². The monoisotopic (exact) mass is 417 g/mol. The van der Waals surface area contributed by atoms with E-state index in [1.807, 2.05) is 29.1 Å². The van der Waals surface area contributed by atoms with Crippen LogP contribution in [0.2, 0.25) is 0 Å². The van der Waals surface area contributed by atoms with Crippen molar-refractivity contribution in [3.63, 3.8) is 0 Å². The Morgan fingerprint density at radius 2 is 1.87 bits per heavy atom. The number of aryl methyl sites for hydroxylation is 1. The number of hydrogen-bond donors (Lipinski definition) is 2. The molecule has 4 rings (SSSR count). The Kier molecular flexibility index (Phi) is 5.59. The van der Waals surface area contributed by atoms with E-state index in [1.165, 1.54) is 16.7 Å². The summed E-state index contributed by atoms with van der Waals surface area (Å²) in [6, 6.07) is 12.3. The van der Waals surface area contributed by atoms with Crippen molar-refractivity contribution in [1.29, 1.82) is 0 Å². The number of nitrogens with one attached hydrogen (secondary N) is 1. The van der Waals surface area contributed by atoms with Gasteiger partial charge in [-0.3, -0.25) is 0 Å². The summed E-state index contributed by atoms with van der Waals surface area (Å²) in [5.74, 6) is 0. The third-order valence-electron chi connectivity index (χ3n) is 5.61. The predicted molar refractivity (Wildman–Crippen MR) is 127 cm³/mol. The molecular weight excluding hydrogens is 390 g/mol. The molecule has 0 radical (unpaired) electrons. The van der Waals surface area contributed by atoms with Crippen LogP contribution < -0.4 is 11.1 Å². The van der Waals surface area contributed by atoms with Crippen LogP contribution in [-0.4, -0.2) is 14.8 Å². The van der Waals surface area contributed by atoms with Crippen molar-refractivity contribution >= 4 is 27.8 Å². The number of aromatic nitrogens is 3. The van der Waals surface area contributed by atoms with Crippen LogP contribution >= 0.6 is 11.3 Å². The summed E-state index contributed by atoms with van der Waals surface area (Å²) in [5.41, 5.74) is 16.0. The number of nitrogens with two attached hydrogens (primary N) is 1. The van der Waals surface area contributed by atoms with Crippen LogP contribution in [0.4, 0.5) is 16.5 Å². The largest absolute Gasteiger partial charge is 0.398 e. The molecule has 5 nitrogen and oxygen atoms in total. The van der Waals surface area contributed by atoms with E-state index >= 15 is 0 Å². The first-order valence-corrected chi connectivity index (χ1v) is 11.1. The Labute approximate surface area is 181 Å². The van der Waals surface area contributed by atoms with Gasteiger partial charge in [0.25, 0.3) is 0 Å². The molecule has 2 aromatic heterocycles. The van der Waals surface area contributed by atoms with Gasteiger partial charge in [0.1, 0.15) is 0 Å². The minimum atomic E-state index is 0.869. The number of anilines is 3. The molecule has 0 bridgehead atoms. The lowest BCUT2D eigenvalue weighted by molar-refractivity contribution is 0.847. The molecule has 2 aromatic carbocycles. The van der Waals surface area contributed by atoms with Gasteiger partial charge in [-0.25, -0.2) is 9.67 Å². The maximum atomic E-state index is 6.36. The topological polar surface area (TPSA) is 68.8 Å². The summed E-state index contributed by atoms with van der Waals surface area (Å²) in [5, 5.41) is 11.0. The number of nitrogens with zero attached hydrogens (tertiary/aromatic N) is 3. The second-order valence-electron chi connectivity index (χ2n) is 7.36. The summed E-state index contributed by atoms with van der Waals surface area (Å²) >= 11 is 1.60. The number of rotatable bonds is 6. The van der Waals surface area contributed by atoms with E-state index in [2.05, 4.69) is 61.7 Å². The van der Waals surface area contributed by atoms with Gasteiger partial charge in [-0.2, -0.15) is 5.10 Å². The number of benzene rings is 2. The first-order chi connectivity index (χ1) is 14.5. The Bertz CT molecular complexity index is 1170. The van der Waals surface area contributed by atoms with Crippen molar-refractivity contribution in [3.8, 4) is 16.9 Å². The molecule has 3 N–H and O–H groups in total. The molecule has 0 saturated carbocycles. The molecule has 0 aliphatic carbocycles. The Hall–Kier alpha value is -3.12. The van der Waals surface area contributed by atoms with Gasteiger partial charge >= 0.3 is 0 Å². The van der Waals surface area contributed by atoms with Crippen LogP contribution in [0.5, 0.6) is 0 Å². The molecular formula is C24H27N5S. The van der Waals surface area contributed by atoms with E-state index in [0.717, 1.165) is 52.0 Å². The zero-order chi connectivity index (χ0) is 21.3. The van der Waals surface area contributed by atoms with Crippen LogP contribution in [0.3, 0.4) is 0 Å². The average Bonchev–Trinajstić information content (AvgIpc) is 3.37. The van der Waals surface area contributed by atoms with Crippen molar-refractivity contribution in [3.05, 3.63) is 70.4 Å². The second kappa shape index (κ2) is 8.32. The van der Waals surface area contributed by atoms with E-state index in [0.29, 0.717) is 0 Å². The lowest BCUT2D eigenvalue weighted by Crippen LogP contribution is -2.05. The molecule has 0 spiro atoms. The molecule has 0 amide bonds. The van der Waals surface area contributed by atoms with Crippen LogP contribution in [0, 0.1) is 13.8 Å². The van der Waals surface area contributed by atoms with E-state index in [9.17, 15) is 0 Å². The van der Waals surface area contributed by atoms with Gasteiger partial charge < -0.3 is 11.1 Å². The third-order valence-corrected chi connectivity index (χ3v) is 6.37. The fraction of sp³-hybridized carbons (Fsp3) is 0.250. The van der Waals surface area contributed by atoms with Crippen molar-refractivity contribution < 1.29 is 0 Å². The highest BCUT2D eigenvalue weighted by atomic mass is 32.1. The highest BCUT2D eigenvalue weighted by Crippen LogP contribution is 2.34.